The van der Waals surface area contributed by atoms with Gasteiger partial charge in [-0.3, -0.25) is 14.3 Å². The van der Waals surface area contributed by atoms with Gasteiger partial charge in [0.2, 0.25) is 0 Å². The normalized spacial score (nSPS) is 10.6. The third kappa shape index (κ3) is 4.59. The summed E-state index contributed by atoms with van der Waals surface area (Å²) in [6, 6.07) is 18.5. The Labute approximate surface area is 184 Å². The third-order valence-corrected chi connectivity index (χ3v) is 5.56. The Hall–Kier alpha value is -3.65. The predicted octanol–water partition coefficient (Wildman–Crippen LogP) is 4.32. The van der Waals surface area contributed by atoms with Crippen molar-refractivity contribution < 1.29 is 14.3 Å². The number of benzene rings is 2. The van der Waals surface area contributed by atoms with E-state index < -0.39 is 0 Å². The second-order valence-corrected chi connectivity index (χ2v) is 7.46. The first-order valence-electron chi connectivity index (χ1n) is 9.50. The molecule has 0 N–H and O–H groups in total. The van der Waals surface area contributed by atoms with Gasteiger partial charge >= 0.3 is 0 Å². The quantitative estimate of drug-likeness (QED) is 0.303. The molecule has 4 aromatic rings. The van der Waals surface area contributed by atoms with E-state index in [0.717, 1.165) is 17.0 Å². The molecule has 31 heavy (non-hydrogen) atoms. The molecule has 0 radical (unpaired) electrons. The molecule has 4 rings (SSSR count). The molecule has 0 aliphatic carbocycles. The lowest BCUT2D eigenvalue weighted by molar-refractivity contribution is 0.102. The van der Waals surface area contributed by atoms with Crippen molar-refractivity contribution in [2.24, 2.45) is 0 Å². The minimum atomic E-state index is -0.0151. The molecule has 0 saturated heterocycles. The van der Waals surface area contributed by atoms with E-state index in [0.29, 0.717) is 22.3 Å². The highest BCUT2D eigenvalue weighted by molar-refractivity contribution is 7.99. The number of thioether (sulfide) groups is 1. The molecule has 2 aromatic carbocycles. The van der Waals surface area contributed by atoms with Crippen molar-refractivity contribution in [1.82, 2.24) is 19.7 Å². The number of methoxy groups -OCH3 is 2. The molecule has 0 spiro atoms. The highest BCUT2D eigenvalue weighted by atomic mass is 32.2. The van der Waals surface area contributed by atoms with Crippen LogP contribution >= 0.6 is 11.8 Å². The second-order valence-electron chi connectivity index (χ2n) is 6.52. The van der Waals surface area contributed by atoms with E-state index in [9.17, 15) is 4.79 Å². The fourth-order valence-electron chi connectivity index (χ4n) is 3.03. The maximum atomic E-state index is 12.7. The van der Waals surface area contributed by atoms with Crippen LogP contribution in [0.15, 0.2) is 78.2 Å². The maximum absolute atomic E-state index is 12.7. The van der Waals surface area contributed by atoms with Gasteiger partial charge in [0.25, 0.3) is 0 Å². The maximum Gasteiger partial charge on any atom is 0.196 e. The molecule has 0 atom stereocenters. The van der Waals surface area contributed by atoms with Crippen molar-refractivity contribution in [2.75, 3.05) is 20.0 Å². The zero-order chi connectivity index (χ0) is 21.6. The van der Waals surface area contributed by atoms with E-state index in [1.165, 1.54) is 11.8 Å². The number of ketones is 1. The van der Waals surface area contributed by atoms with Crippen LogP contribution in [-0.2, 0) is 0 Å². The van der Waals surface area contributed by atoms with Crippen LogP contribution in [0.25, 0.3) is 17.1 Å². The van der Waals surface area contributed by atoms with Gasteiger partial charge < -0.3 is 9.47 Å². The highest BCUT2D eigenvalue weighted by Gasteiger charge is 2.18. The first-order chi connectivity index (χ1) is 15.2. The van der Waals surface area contributed by atoms with Crippen molar-refractivity contribution >= 4 is 17.5 Å². The Kier molecular flexibility index (Phi) is 6.28. The molecule has 7 nitrogen and oxygen atoms in total. The summed E-state index contributed by atoms with van der Waals surface area (Å²) in [5.41, 5.74) is 2.34. The standard InChI is InChI=1S/C23H20N4O3S/c1-29-19-8-6-18(7-9-19)27-22(16-10-12-24-13-11-16)25-26-23(27)31-15-21(28)17-4-3-5-20(14-17)30-2/h3-14H,15H2,1-2H3. The number of Topliss-reactive ketones (excluding diaryl/α,β-unsaturated/α-hetero) is 1. The molecular weight excluding hydrogens is 412 g/mol. The van der Waals surface area contributed by atoms with E-state index in [2.05, 4.69) is 15.2 Å². The van der Waals surface area contributed by atoms with Gasteiger partial charge in [-0.25, -0.2) is 0 Å². The summed E-state index contributed by atoms with van der Waals surface area (Å²) in [7, 11) is 3.21. The Bertz CT molecular complexity index is 1180. The number of carbonyl (C=O) groups is 1. The minimum Gasteiger partial charge on any atom is -0.497 e. The fraction of sp³-hybridized carbons (Fsp3) is 0.130. The molecule has 156 valence electrons. The molecule has 0 unspecified atom stereocenters. The molecule has 2 aromatic heterocycles. The van der Waals surface area contributed by atoms with Gasteiger partial charge in [0.15, 0.2) is 16.8 Å². The summed E-state index contributed by atoms with van der Waals surface area (Å²) in [4.78, 5) is 16.8. The fourth-order valence-corrected chi connectivity index (χ4v) is 3.87. The van der Waals surface area contributed by atoms with Crippen molar-refractivity contribution in [3.8, 4) is 28.6 Å². The van der Waals surface area contributed by atoms with E-state index >= 15 is 0 Å². The summed E-state index contributed by atoms with van der Waals surface area (Å²) in [6.07, 6.45) is 3.42. The lowest BCUT2D eigenvalue weighted by Crippen LogP contribution is -2.05. The zero-order valence-corrected chi connectivity index (χ0v) is 17.9. The monoisotopic (exact) mass is 432 g/mol. The van der Waals surface area contributed by atoms with Crippen molar-refractivity contribution in [3.63, 3.8) is 0 Å². The Morgan fingerprint density at radius 3 is 2.39 bits per heavy atom. The first-order valence-corrected chi connectivity index (χ1v) is 10.5. The molecule has 0 fully saturated rings. The van der Waals surface area contributed by atoms with Gasteiger partial charge in [0.1, 0.15) is 11.5 Å². The molecule has 8 heteroatoms. The summed E-state index contributed by atoms with van der Waals surface area (Å²) in [5, 5.41) is 9.36. The second kappa shape index (κ2) is 9.44. The first kappa shape index (κ1) is 20.6. The topological polar surface area (TPSA) is 79.1 Å². The largest absolute Gasteiger partial charge is 0.497 e. The van der Waals surface area contributed by atoms with E-state index in [1.807, 2.05) is 47.0 Å². The third-order valence-electron chi connectivity index (χ3n) is 4.63. The summed E-state index contributed by atoms with van der Waals surface area (Å²) in [5.74, 6) is 2.28. The number of carbonyl (C=O) groups excluding carboxylic acids is 1. The van der Waals surface area contributed by atoms with E-state index in [4.69, 9.17) is 9.47 Å². The van der Waals surface area contributed by atoms with Gasteiger partial charge in [-0.05, 0) is 48.5 Å². The molecule has 0 aliphatic heterocycles. The number of nitrogens with zero attached hydrogens (tertiary/aromatic N) is 4. The Balaban J connectivity index is 1.65. The highest BCUT2D eigenvalue weighted by Crippen LogP contribution is 2.29. The molecule has 0 aliphatic rings. The average Bonchev–Trinajstić information content (AvgIpc) is 3.27. The number of hydrogen-bond donors (Lipinski definition) is 0. The van der Waals surface area contributed by atoms with Gasteiger partial charge in [0.05, 0.1) is 20.0 Å². The van der Waals surface area contributed by atoms with Crippen LogP contribution in [0.3, 0.4) is 0 Å². The zero-order valence-electron chi connectivity index (χ0n) is 17.1. The van der Waals surface area contributed by atoms with Gasteiger partial charge in [-0.1, -0.05) is 23.9 Å². The predicted molar refractivity (Wildman–Crippen MR) is 119 cm³/mol. The number of aromatic nitrogens is 4. The molecule has 2 heterocycles. The van der Waals surface area contributed by atoms with Crippen molar-refractivity contribution in [2.45, 2.75) is 5.16 Å². The molecule has 0 saturated carbocycles. The number of rotatable bonds is 8. The molecular formula is C23H20N4O3S. The van der Waals surface area contributed by atoms with Crippen molar-refractivity contribution in [3.05, 3.63) is 78.6 Å². The van der Waals surface area contributed by atoms with E-state index in [-0.39, 0.29) is 11.5 Å². The Morgan fingerprint density at radius 2 is 1.68 bits per heavy atom. The molecule has 0 bridgehead atoms. The lowest BCUT2D eigenvalue weighted by Gasteiger charge is -2.11. The SMILES string of the molecule is COc1ccc(-n2c(SCC(=O)c3cccc(OC)c3)nnc2-c2ccncc2)cc1. The number of hydrogen-bond acceptors (Lipinski definition) is 7. The van der Waals surface area contributed by atoms with Crippen LogP contribution in [-0.4, -0.2) is 45.5 Å². The van der Waals surface area contributed by atoms with Gasteiger partial charge in [-0.2, -0.15) is 0 Å². The van der Waals surface area contributed by atoms with Crippen LogP contribution in [0.5, 0.6) is 11.5 Å². The lowest BCUT2D eigenvalue weighted by atomic mass is 10.1. The smallest absolute Gasteiger partial charge is 0.196 e. The van der Waals surface area contributed by atoms with Crippen LogP contribution in [0.4, 0.5) is 0 Å². The molecule has 0 amide bonds. The van der Waals surface area contributed by atoms with Crippen LogP contribution in [0, 0.1) is 0 Å². The van der Waals surface area contributed by atoms with Crippen LogP contribution in [0.2, 0.25) is 0 Å². The van der Waals surface area contributed by atoms with Crippen LogP contribution < -0.4 is 9.47 Å². The average molecular weight is 433 g/mol. The van der Waals surface area contributed by atoms with Gasteiger partial charge in [0, 0.05) is 29.2 Å². The number of pyridine rings is 1. The van der Waals surface area contributed by atoms with Crippen LogP contribution in [0.1, 0.15) is 10.4 Å². The van der Waals surface area contributed by atoms with E-state index in [1.54, 1.807) is 44.8 Å². The minimum absolute atomic E-state index is 0.0151. The summed E-state index contributed by atoms with van der Waals surface area (Å²) >= 11 is 1.34. The summed E-state index contributed by atoms with van der Waals surface area (Å²) in [6.45, 7) is 0. The number of ether oxygens (including phenoxy) is 2. The van der Waals surface area contributed by atoms with Gasteiger partial charge in [-0.15, -0.1) is 10.2 Å². The van der Waals surface area contributed by atoms with Crippen molar-refractivity contribution in [1.29, 1.82) is 0 Å². The Morgan fingerprint density at radius 1 is 0.935 bits per heavy atom. The summed E-state index contributed by atoms with van der Waals surface area (Å²) < 4.78 is 12.4.